The molecular weight excluding hydrogens is 314 g/mol. The number of nitrogens with zero attached hydrogens (tertiary/aromatic N) is 1. The summed E-state index contributed by atoms with van der Waals surface area (Å²) >= 11 is 0.870. The van der Waals surface area contributed by atoms with Crippen molar-refractivity contribution in [1.29, 1.82) is 0 Å². The first-order valence-electron chi connectivity index (χ1n) is 5.81. The van der Waals surface area contributed by atoms with Crippen molar-refractivity contribution in [3.8, 4) is 5.75 Å². The molecule has 0 radical (unpaired) electrons. The number of para-hydroxylation sites is 2. The summed E-state index contributed by atoms with van der Waals surface area (Å²) in [4.78, 5) is 10.8. The van der Waals surface area contributed by atoms with Crippen LogP contribution < -0.4 is 9.04 Å². The first-order valence-corrected chi connectivity index (χ1v) is 8.13. The zero-order valence-electron chi connectivity index (χ0n) is 11.3. The van der Waals surface area contributed by atoms with Gasteiger partial charge in [0, 0.05) is 12.4 Å². The van der Waals surface area contributed by atoms with Crippen LogP contribution in [0.3, 0.4) is 0 Å². The third-order valence-corrected chi connectivity index (χ3v) is 5.69. The molecule has 1 N–H and O–H groups in total. The third kappa shape index (κ3) is 2.86. The van der Waals surface area contributed by atoms with E-state index >= 15 is 0 Å². The van der Waals surface area contributed by atoms with Gasteiger partial charge in [0.15, 0.2) is 0 Å². The van der Waals surface area contributed by atoms with E-state index in [-0.39, 0.29) is 9.77 Å². The van der Waals surface area contributed by atoms with Crippen molar-refractivity contribution in [2.45, 2.75) is 4.90 Å². The molecule has 1 heterocycles. The van der Waals surface area contributed by atoms with Gasteiger partial charge in [-0.2, -0.15) is 0 Å². The Hall–Kier alpha value is -2.06. The molecule has 0 aliphatic carbocycles. The molecule has 0 aliphatic rings. The summed E-state index contributed by atoms with van der Waals surface area (Å²) in [6.45, 7) is 0. The highest BCUT2D eigenvalue weighted by Crippen LogP contribution is 2.32. The Balaban J connectivity index is 2.45. The highest BCUT2D eigenvalue weighted by molar-refractivity contribution is 7.93. The van der Waals surface area contributed by atoms with Crippen LogP contribution >= 0.6 is 11.3 Å². The lowest BCUT2D eigenvalue weighted by atomic mass is 10.3. The number of carboxylic acid groups (broad SMARTS) is 1. The van der Waals surface area contributed by atoms with Gasteiger partial charge in [-0.05, 0) is 18.2 Å². The van der Waals surface area contributed by atoms with Crippen molar-refractivity contribution >= 4 is 33.0 Å². The van der Waals surface area contributed by atoms with Crippen molar-refractivity contribution < 1.29 is 23.1 Å². The number of aromatic carboxylic acids is 1. The van der Waals surface area contributed by atoms with Crippen LogP contribution in [-0.2, 0) is 10.0 Å². The van der Waals surface area contributed by atoms with E-state index in [1.165, 1.54) is 19.5 Å². The van der Waals surface area contributed by atoms with Crippen LogP contribution in [0.2, 0.25) is 0 Å². The minimum atomic E-state index is -3.84. The van der Waals surface area contributed by atoms with Gasteiger partial charge in [-0.1, -0.05) is 12.1 Å². The Morgan fingerprint density at radius 3 is 2.57 bits per heavy atom. The van der Waals surface area contributed by atoms with Gasteiger partial charge in [-0.15, -0.1) is 11.3 Å². The molecule has 112 valence electrons. The number of sulfonamides is 1. The van der Waals surface area contributed by atoms with Gasteiger partial charge in [-0.3, -0.25) is 4.31 Å². The van der Waals surface area contributed by atoms with E-state index in [2.05, 4.69) is 0 Å². The van der Waals surface area contributed by atoms with Crippen molar-refractivity contribution in [3.63, 3.8) is 0 Å². The van der Waals surface area contributed by atoms with Crippen molar-refractivity contribution in [3.05, 3.63) is 40.6 Å². The summed E-state index contributed by atoms with van der Waals surface area (Å²) in [6, 6.07) is 7.84. The predicted octanol–water partition coefficient (Wildman–Crippen LogP) is 2.28. The van der Waals surface area contributed by atoms with Gasteiger partial charge in [0.1, 0.15) is 10.6 Å². The largest absolute Gasteiger partial charge is 0.495 e. The quantitative estimate of drug-likeness (QED) is 0.911. The molecule has 2 rings (SSSR count). The highest BCUT2D eigenvalue weighted by atomic mass is 32.2. The number of anilines is 1. The number of thiophene rings is 1. The average Bonchev–Trinajstić information content (AvgIpc) is 2.97. The molecule has 0 bridgehead atoms. The Kier molecular flexibility index (Phi) is 4.19. The van der Waals surface area contributed by atoms with E-state index < -0.39 is 16.0 Å². The molecule has 0 atom stereocenters. The monoisotopic (exact) mass is 327 g/mol. The molecule has 0 amide bonds. The van der Waals surface area contributed by atoms with E-state index in [1.807, 2.05) is 0 Å². The van der Waals surface area contributed by atoms with Crippen LogP contribution in [0, 0.1) is 0 Å². The molecule has 0 saturated heterocycles. The lowest BCUT2D eigenvalue weighted by Crippen LogP contribution is -2.26. The minimum absolute atomic E-state index is 0.0259. The fourth-order valence-corrected chi connectivity index (χ4v) is 4.05. The maximum Gasteiger partial charge on any atom is 0.345 e. The lowest BCUT2D eigenvalue weighted by molar-refractivity contribution is 0.0702. The van der Waals surface area contributed by atoms with Crippen LogP contribution in [0.5, 0.6) is 5.75 Å². The summed E-state index contributed by atoms with van der Waals surface area (Å²) in [7, 11) is -0.992. The van der Waals surface area contributed by atoms with E-state index in [4.69, 9.17) is 9.84 Å². The number of carbonyl (C=O) groups is 1. The first kappa shape index (κ1) is 15.3. The average molecular weight is 327 g/mol. The Bertz CT molecular complexity index is 766. The topological polar surface area (TPSA) is 83.9 Å². The number of carboxylic acids is 1. The zero-order valence-corrected chi connectivity index (χ0v) is 12.9. The molecule has 21 heavy (non-hydrogen) atoms. The Labute approximate surface area is 126 Å². The molecule has 2 aromatic rings. The summed E-state index contributed by atoms with van der Waals surface area (Å²) in [5.74, 6) is -0.737. The van der Waals surface area contributed by atoms with Gasteiger partial charge in [0.25, 0.3) is 10.0 Å². The molecular formula is C13H13NO5S2. The normalized spacial score (nSPS) is 11.1. The number of methoxy groups -OCH3 is 1. The van der Waals surface area contributed by atoms with Crippen LogP contribution in [0.1, 0.15) is 9.67 Å². The van der Waals surface area contributed by atoms with Crippen molar-refractivity contribution in [2.75, 3.05) is 18.5 Å². The maximum atomic E-state index is 12.5. The van der Waals surface area contributed by atoms with Crippen LogP contribution in [0.15, 0.2) is 40.6 Å². The molecule has 6 nitrogen and oxygen atoms in total. The third-order valence-electron chi connectivity index (χ3n) is 2.87. The van der Waals surface area contributed by atoms with Gasteiger partial charge >= 0.3 is 5.97 Å². The molecule has 1 aromatic carbocycles. The Morgan fingerprint density at radius 1 is 1.33 bits per heavy atom. The minimum Gasteiger partial charge on any atom is -0.495 e. The molecule has 0 fully saturated rings. The SMILES string of the molecule is COc1ccccc1N(C)S(=O)(=O)c1csc(C(=O)O)c1. The summed E-state index contributed by atoms with van der Waals surface area (Å²) in [5, 5.41) is 10.2. The summed E-state index contributed by atoms with van der Waals surface area (Å²) in [5.41, 5.74) is 0.378. The number of hydrogen-bond acceptors (Lipinski definition) is 5. The fourth-order valence-electron chi connectivity index (χ4n) is 1.74. The van der Waals surface area contributed by atoms with E-state index in [9.17, 15) is 13.2 Å². The second-order valence-electron chi connectivity index (χ2n) is 4.10. The molecule has 8 heteroatoms. The molecule has 1 aromatic heterocycles. The fraction of sp³-hybridized carbons (Fsp3) is 0.154. The second kappa shape index (κ2) is 5.74. The predicted molar refractivity (Wildman–Crippen MR) is 79.9 cm³/mol. The number of benzene rings is 1. The number of hydrogen-bond donors (Lipinski definition) is 1. The molecule has 0 unspecified atom stereocenters. The lowest BCUT2D eigenvalue weighted by Gasteiger charge is -2.20. The van der Waals surface area contributed by atoms with E-state index in [0.717, 1.165) is 21.7 Å². The molecule has 0 spiro atoms. The molecule has 0 aliphatic heterocycles. The van der Waals surface area contributed by atoms with E-state index in [0.29, 0.717) is 11.4 Å². The van der Waals surface area contributed by atoms with E-state index in [1.54, 1.807) is 24.3 Å². The Morgan fingerprint density at radius 2 is 2.00 bits per heavy atom. The van der Waals surface area contributed by atoms with Gasteiger partial charge in [-0.25, -0.2) is 13.2 Å². The standard InChI is InChI=1S/C13H13NO5S2/c1-14(10-5-3-4-6-11(10)19-2)21(17,18)9-7-12(13(15)16)20-8-9/h3-8H,1-2H3,(H,15,16). The summed E-state index contributed by atoms with van der Waals surface area (Å²) in [6.07, 6.45) is 0. The van der Waals surface area contributed by atoms with Crippen LogP contribution in [-0.4, -0.2) is 33.7 Å². The number of rotatable bonds is 5. The van der Waals surface area contributed by atoms with Gasteiger partial charge in [0.05, 0.1) is 17.7 Å². The van der Waals surface area contributed by atoms with Crippen molar-refractivity contribution in [1.82, 2.24) is 0 Å². The maximum absolute atomic E-state index is 12.5. The van der Waals surface area contributed by atoms with Gasteiger partial charge < -0.3 is 9.84 Å². The van der Waals surface area contributed by atoms with Crippen LogP contribution in [0.4, 0.5) is 5.69 Å². The zero-order chi connectivity index (χ0) is 15.6. The number of ether oxygens (including phenoxy) is 1. The van der Waals surface area contributed by atoms with Crippen LogP contribution in [0.25, 0.3) is 0 Å². The second-order valence-corrected chi connectivity index (χ2v) is 6.98. The molecule has 0 saturated carbocycles. The summed E-state index contributed by atoms with van der Waals surface area (Å²) < 4.78 is 31.3. The first-order chi connectivity index (χ1) is 9.87. The van der Waals surface area contributed by atoms with Crippen molar-refractivity contribution in [2.24, 2.45) is 0 Å². The highest BCUT2D eigenvalue weighted by Gasteiger charge is 2.25. The van der Waals surface area contributed by atoms with Gasteiger partial charge in [0.2, 0.25) is 0 Å². The smallest absolute Gasteiger partial charge is 0.345 e.